The lowest BCUT2D eigenvalue weighted by Gasteiger charge is -2.15. The van der Waals surface area contributed by atoms with E-state index in [4.69, 9.17) is 32.7 Å². The van der Waals surface area contributed by atoms with E-state index in [0.717, 1.165) is 34.1 Å². The summed E-state index contributed by atoms with van der Waals surface area (Å²) in [7, 11) is 1.61. The van der Waals surface area contributed by atoms with Crippen molar-refractivity contribution in [3.8, 4) is 11.5 Å². The summed E-state index contributed by atoms with van der Waals surface area (Å²) in [4.78, 5) is 0. The molecular formula is C23H22BrCl3FNO2. The molecule has 3 aromatic rings. The highest BCUT2D eigenvalue weighted by atomic mass is 79.9. The zero-order valence-corrected chi connectivity index (χ0v) is 20.7. The minimum atomic E-state index is -0.217. The van der Waals surface area contributed by atoms with Crippen LogP contribution in [-0.4, -0.2) is 13.7 Å². The van der Waals surface area contributed by atoms with Crippen LogP contribution < -0.4 is 14.8 Å². The molecule has 0 saturated carbocycles. The molecule has 0 unspecified atom stereocenters. The summed E-state index contributed by atoms with van der Waals surface area (Å²) in [6, 6.07) is 15.9. The van der Waals surface area contributed by atoms with Gasteiger partial charge in [-0.25, -0.2) is 4.39 Å². The Hall–Kier alpha value is -1.50. The Balaban J connectivity index is 0.00000341. The predicted molar refractivity (Wildman–Crippen MR) is 131 cm³/mol. The zero-order chi connectivity index (χ0) is 21.5. The van der Waals surface area contributed by atoms with Gasteiger partial charge < -0.3 is 14.8 Å². The monoisotopic (exact) mass is 547 g/mol. The Labute approximate surface area is 206 Å². The van der Waals surface area contributed by atoms with Gasteiger partial charge in [-0.3, -0.25) is 0 Å². The average molecular weight is 550 g/mol. The van der Waals surface area contributed by atoms with Crippen molar-refractivity contribution in [3.63, 3.8) is 0 Å². The lowest BCUT2D eigenvalue weighted by atomic mass is 10.1. The van der Waals surface area contributed by atoms with Gasteiger partial charge in [0.05, 0.1) is 21.6 Å². The first-order valence-electron chi connectivity index (χ1n) is 9.34. The molecule has 1 N–H and O–H groups in total. The third-order valence-electron chi connectivity index (χ3n) is 4.49. The van der Waals surface area contributed by atoms with Crippen molar-refractivity contribution in [2.24, 2.45) is 0 Å². The maximum atomic E-state index is 13.0. The molecule has 0 aliphatic carbocycles. The molecule has 0 amide bonds. The molecular weight excluding hydrogens is 528 g/mol. The van der Waals surface area contributed by atoms with E-state index in [2.05, 4.69) is 21.2 Å². The van der Waals surface area contributed by atoms with Crippen molar-refractivity contribution in [1.29, 1.82) is 0 Å². The normalized spacial score (nSPS) is 10.5. The molecule has 0 spiro atoms. The van der Waals surface area contributed by atoms with Crippen molar-refractivity contribution in [1.82, 2.24) is 5.32 Å². The first-order chi connectivity index (χ1) is 14.5. The van der Waals surface area contributed by atoms with Crippen molar-refractivity contribution in [3.05, 3.63) is 91.6 Å². The fraction of sp³-hybridized carbons (Fsp3) is 0.217. The Morgan fingerprint density at radius 3 is 2.32 bits per heavy atom. The van der Waals surface area contributed by atoms with Crippen LogP contribution in [0.4, 0.5) is 4.39 Å². The second-order valence-corrected chi connectivity index (χ2v) is 8.37. The minimum absolute atomic E-state index is 0. The summed E-state index contributed by atoms with van der Waals surface area (Å²) in [5.41, 5.74) is 3.05. The summed E-state index contributed by atoms with van der Waals surface area (Å²) in [6.07, 6.45) is 0.823. The average Bonchev–Trinajstić information content (AvgIpc) is 2.73. The van der Waals surface area contributed by atoms with Gasteiger partial charge in [-0.1, -0.05) is 41.4 Å². The van der Waals surface area contributed by atoms with Gasteiger partial charge in [-0.15, -0.1) is 12.4 Å². The first kappa shape index (κ1) is 25.8. The Kier molecular flexibility index (Phi) is 10.4. The lowest BCUT2D eigenvalue weighted by Crippen LogP contribution is -2.16. The molecule has 0 aliphatic rings. The number of methoxy groups -OCH3 is 1. The van der Waals surface area contributed by atoms with Gasteiger partial charge in [0, 0.05) is 6.54 Å². The molecule has 0 heterocycles. The number of hydrogen-bond donors (Lipinski definition) is 1. The number of benzene rings is 3. The van der Waals surface area contributed by atoms with Crippen LogP contribution >= 0.6 is 51.5 Å². The first-order valence-corrected chi connectivity index (χ1v) is 10.9. The number of halogens is 5. The molecule has 3 nitrogen and oxygen atoms in total. The van der Waals surface area contributed by atoms with Crippen LogP contribution in [0.2, 0.25) is 10.0 Å². The molecule has 8 heteroatoms. The highest BCUT2D eigenvalue weighted by molar-refractivity contribution is 9.10. The lowest BCUT2D eigenvalue weighted by molar-refractivity contribution is 0.282. The quantitative estimate of drug-likeness (QED) is 0.286. The summed E-state index contributed by atoms with van der Waals surface area (Å²) >= 11 is 15.6. The summed E-state index contributed by atoms with van der Waals surface area (Å²) < 4.78 is 25.3. The molecule has 0 aromatic heterocycles. The van der Waals surface area contributed by atoms with E-state index in [1.54, 1.807) is 31.4 Å². The van der Waals surface area contributed by atoms with Crippen molar-refractivity contribution >= 4 is 51.5 Å². The maximum Gasteiger partial charge on any atom is 0.175 e. The highest BCUT2D eigenvalue weighted by Crippen LogP contribution is 2.37. The van der Waals surface area contributed by atoms with Gasteiger partial charge in [0.1, 0.15) is 12.4 Å². The molecule has 0 saturated heterocycles. The van der Waals surface area contributed by atoms with Crippen molar-refractivity contribution in [2.75, 3.05) is 13.7 Å². The molecule has 0 radical (unpaired) electrons. The molecule has 3 rings (SSSR count). The van der Waals surface area contributed by atoms with Gasteiger partial charge in [-0.05, 0) is 82.0 Å². The van der Waals surface area contributed by atoms with Crippen molar-refractivity contribution in [2.45, 2.75) is 19.6 Å². The number of hydrogen-bond acceptors (Lipinski definition) is 3. The molecule has 0 aliphatic heterocycles. The van der Waals surface area contributed by atoms with E-state index in [9.17, 15) is 4.39 Å². The third kappa shape index (κ3) is 7.55. The van der Waals surface area contributed by atoms with E-state index in [-0.39, 0.29) is 18.2 Å². The fourth-order valence-corrected chi connectivity index (χ4v) is 3.84. The Morgan fingerprint density at radius 1 is 0.935 bits per heavy atom. The van der Waals surface area contributed by atoms with Crippen LogP contribution in [-0.2, 0) is 19.6 Å². The van der Waals surface area contributed by atoms with E-state index < -0.39 is 0 Å². The molecule has 166 valence electrons. The van der Waals surface area contributed by atoms with Gasteiger partial charge in [-0.2, -0.15) is 0 Å². The zero-order valence-electron chi connectivity index (χ0n) is 16.8. The van der Waals surface area contributed by atoms with Crippen molar-refractivity contribution < 1.29 is 13.9 Å². The van der Waals surface area contributed by atoms with E-state index in [1.165, 1.54) is 12.1 Å². The minimum Gasteiger partial charge on any atom is -0.493 e. The predicted octanol–water partition coefficient (Wildman–Crippen LogP) is 7.24. The van der Waals surface area contributed by atoms with Gasteiger partial charge in [0.2, 0.25) is 0 Å². The number of ether oxygens (including phenoxy) is 2. The van der Waals surface area contributed by atoms with Crippen LogP contribution in [0.25, 0.3) is 0 Å². The van der Waals surface area contributed by atoms with E-state index in [0.29, 0.717) is 34.7 Å². The third-order valence-corrected chi connectivity index (χ3v) is 5.82. The van der Waals surface area contributed by atoms with Crippen LogP contribution in [0.1, 0.15) is 16.7 Å². The Morgan fingerprint density at radius 2 is 1.65 bits per heavy atom. The summed E-state index contributed by atoms with van der Waals surface area (Å²) in [6.45, 7) is 1.78. The largest absolute Gasteiger partial charge is 0.493 e. The summed E-state index contributed by atoms with van der Waals surface area (Å²) in [5, 5.41) is 4.40. The SMILES string of the molecule is COc1cc(CNCCc2ccc(F)cc2)cc(Br)c1OCc1ccc(Cl)c(Cl)c1.Cl. The smallest absolute Gasteiger partial charge is 0.175 e. The molecule has 3 aromatic carbocycles. The molecule has 0 atom stereocenters. The second-order valence-electron chi connectivity index (χ2n) is 6.70. The fourth-order valence-electron chi connectivity index (χ4n) is 2.92. The van der Waals surface area contributed by atoms with Gasteiger partial charge in [0.15, 0.2) is 11.5 Å². The molecule has 0 fully saturated rings. The molecule has 0 bridgehead atoms. The van der Waals surface area contributed by atoms with Crippen LogP contribution in [0.15, 0.2) is 59.1 Å². The van der Waals surface area contributed by atoms with E-state index >= 15 is 0 Å². The summed E-state index contributed by atoms with van der Waals surface area (Å²) in [5.74, 6) is 1.04. The van der Waals surface area contributed by atoms with E-state index in [1.807, 2.05) is 18.2 Å². The Bertz CT molecular complexity index is 1000. The second kappa shape index (κ2) is 12.5. The van der Waals surface area contributed by atoms with Crippen LogP contribution in [0.5, 0.6) is 11.5 Å². The standard InChI is InChI=1S/C23H21BrCl2FNO2.ClH/c1-29-22-12-17(13-28-9-8-15-2-5-18(27)6-3-15)10-19(24)23(22)30-14-16-4-7-20(25)21(26)11-16;/h2-7,10-12,28H,8-9,13-14H2,1H3;1H. The molecule has 31 heavy (non-hydrogen) atoms. The van der Waals surface area contributed by atoms with Crippen LogP contribution in [0, 0.1) is 5.82 Å². The van der Waals surface area contributed by atoms with Crippen LogP contribution in [0.3, 0.4) is 0 Å². The topological polar surface area (TPSA) is 30.5 Å². The number of nitrogens with one attached hydrogen (secondary N) is 1. The van der Waals surface area contributed by atoms with Gasteiger partial charge in [0.25, 0.3) is 0 Å². The highest BCUT2D eigenvalue weighted by Gasteiger charge is 2.12. The maximum absolute atomic E-state index is 13.0. The number of rotatable bonds is 9. The van der Waals surface area contributed by atoms with Gasteiger partial charge >= 0.3 is 0 Å².